The summed E-state index contributed by atoms with van der Waals surface area (Å²) < 4.78 is 5.92. The summed E-state index contributed by atoms with van der Waals surface area (Å²) in [4.78, 5) is 0. The summed E-state index contributed by atoms with van der Waals surface area (Å²) in [6.45, 7) is 4.83. The molecule has 0 aromatic heterocycles. The SMILES string of the molecule is CCNC(=S)Nc1ccccc1Oc1cccc(C)c1. The Morgan fingerprint density at radius 1 is 1.15 bits per heavy atom. The van der Waals surface area contributed by atoms with Crippen LogP contribution in [-0.4, -0.2) is 11.7 Å². The van der Waals surface area contributed by atoms with E-state index < -0.39 is 0 Å². The molecule has 4 heteroatoms. The molecule has 3 nitrogen and oxygen atoms in total. The summed E-state index contributed by atoms with van der Waals surface area (Å²) in [6.07, 6.45) is 0. The monoisotopic (exact) mass is 286 g/mol. The molecule has 2 rings (SSSR count). The summed E-state index contributed by atoms with van der Waals surface area (Å²) in [5, 5.41) is 6.79. The summed E-state index contributed by atoms with van der Waals surface area (Å²) in [5.41, 5.74) is 2.01. The van der Waals surface area contributed by atoms with E-state index >= 15 is 0 Å². The molecule has 20 heavy (non-hydrogen) atoms. The molecule has 104 valence electrons. The van der Waals surface area contributed by atoms with Crippen molar-refractivity contribution in [2.75, 3.05) is 11.9 Å². The maximum absolute atomic E-state index is 5.92. The van der Waals surface area contributed by atoms with E-state index in [4.69, 9.17) is 17.0 Å². The minimum Gasteiger partial charge on any atom is -0.455 e. The molecule has 0 heterocycles. The molecule has 0 saturated heterocycles. The van der Waals surface area contributed by atoms with Gasteiger partial charge in [-0.05, 0) is 55.9 Å². The number of rotatable bonds is 4. The first-order valence-corrected chi connectivity index (χ1v) is 6.98. The molecule has 0 aliphatic rings. The highest BCUT2D eigenvalue weighted by Gasteiger charge is 2.05. The van der Waals surface area contributed by atoms with Crippen LogP contribution >= 0.6 is 12.2 Å². The van der Waals surface area contributed by atoms with Gasteiger partial charge in [-0.3, -0.25) is 0 Å². The number of hydrogen-bond donors (Lipinski definition) is 2. The Balaban J connectivity index is 2.17. The first-order valence-electron chi connectivity index (χ1n) is 6.57. The van der Waals surface area contributed by atoms with Gasteiger partial charge in [0.1, 0.15) is 5.75 Å². The quantitative estimate of drug-likeness (QED) is 0.829. The number of nitrogens with one attached hydrogen (secondary N) is 2. The van der Waals surface area contributed by atoms with E-state index in [9.17, 15) is 0 Å². The minimum absolute atomic E-state index is 0.591. The molecule has 0 aliphatic heterocycles. The van der Waals surface area contributed by atoms with Crippen molar-refractivity contribution in [3.63, 3.8) is 0 Å². The van der Waals surface area contributed by atoms with Crippen LogP contribution in [0, 0.1) is 6.92 Å². The van der Waals surface area contributed by atoms with Crippen molar-refractivity contribution in [2.45, 2.75) is 13.8 Å². The van der Waals surface area contributed by atoms with Crippen molar-refractivity contribution in [3.05, 3.63) is 54.1 Å². The van der Waals surface area contributed by atoms with Gasteiger partial charge in [0.05, 0.1) is 5.69 Å². The average Bonchev–Trinajstić information content (AvgIpc) is 2.41. The van der Waals surface area contributed by atoms with Crippen LogP contribution in [0.25, 0.3) is 0 Å². The molecule has 0 spiro atoms. The van der Waals surface area contributed by atoms with Crippen molar-refractivity contribution in [1.82, 2.24) is 5.32 Å². The van der Waals surface area contributed by atoms with Gasteiger partial charge in [-0.15, -0.1) is 0 Å². The zero-order chi connectivity index (χ0) is 14.4. The summed E-state index contributed by atoms with van der Waals surface area (Å²) in [5.74, 6) is 1.56. The van der Waals surface area contributed by atoms with Crippen molar-refractivity contribution >= 4 is 23.0 Å². The Labute approximate surface area is 125 Å². The average molecular weight is 286 g/mol. The Hall–Kier alpha value is -2.07. The highest BCUT2D eigenvalue weighted by molar-refractivity contribution is 7.80. The number of anilines is 1. The lowest BCUT2D eigenvalue weighted by Gasteiger charge is -2.14. The zero-order valence-corrected chi connectivity index (χ0v) is 12.5. The van der Waals surface area contributed by atoms with Gasteiger partial charge in [-0.1, -0.05) is 24.3 Å². The fraction of sp³-hybridized carbons (Fsp3) is 0.188. The lowest BCUT2D eigenvalue weighted by molar-refractivity contribution is 0.484. The summed E-state index contributed by atoms with van der Waals surface area (Å²) in [6, 6.07) is 15.7. The third-order valence-electron chi connectivity index (χ3n) is 2.69. The van der Waals surface area contributed by atoms with Crippen molar-refractivity contribution in [3.8, 4) is 11.5 Å². The van der Waals surface area contributed by atoms with Gasteiger partial charge >= 0.3 is 0 Å². The van der Waals surface area contributed by atoms with Gasteiger partial charge < -0.3 is 15.4 Å². The predicted octanol–water partition coefficient (Wildman–Crippen LogP) is 4.09. The lowest BCUT2D eigenvalue weighted by Crippen LogP contribution is -2.28. The predicted molar refractivity (Wildman–Crippen MR) is 87.6 cm³/mol. The third-order valence-corrected chi connectivity index (χ3v) is 2.94. The molecule has 0 unspecified atom stereocenters. The Kier molecular flexibility index (Phi) is 4.96. The highest BCUT2D eigenvalue weighted by Crippen LogP contribution is 2.29. The van der Waals surface area contributed by atoms with Crippen LogP contribution in [0.3, 0.4) is 0 Å². The summed E-state index contributed by atoms with van der Waals surface area (Å²) >= 11 is 5.20. The fourth-order valence-corrected chi connectivity index (χ4v) is 2.05. The van der Waals surface area contributed by atoms with Crippen LogP contribution in [0.1, 0.15) is 12.5 Å². The van der Waals surface area contributed by atoms with Gasteiger partial charge in [-0.2, -0.15) is 0 Å². The van der Waals surface area contributed by atoms with Crippen LogP contribution in [-0.2, 0) is 0 Å². The standard InChI is InChI=1S/C16H18N2OS/c1-3-17-16(20)18-14-9-4-5-10-15(14)19-13-8-6-7-12(2)11-13/h4-11H,3H2,1-2H3,(H2,17,18,20). The highest BCUT2D eigenvalue weighted by atomic mass is 32.1. The Morgan fingerprint density at radius 3 is 2.70 bits per heavy atom. The zero-order valence-electron chi connectivity index (χ0n) is 11.6. The first kappa shape index (κ1) is 14.3. The number of para-hydroxylation sites is 2. The molecule has 0 radical (unpaired) electrons. The van der Waals surface area contributed by atoms with Crippen LogP contribution in [0.2, 0.25) is 0 Å². The van der Waals surface area contributed by atoms with Crippen molar-refractivity contribution < 1.29 is 4.74 Å². The van der Waals surface area contributed by atoms with E-state index in [0.29, 0.717) is 5.11 Å². The van der Waals surface area contributed by atoms with Gasteiger partial charge in [0.2, 0.25) is 0 Å². The van der Waals surface area contributed by atoms with Gasteiger partial charge in [0.25, 0.3) is 0 Å². The Bertz CT molecular complexity index is 599. The van der Waals surface area contributed by atoms with Crippen molar-refractivity contribution in [1.29, 1.82) is 0 Å². The van der Waals surface area contributed by atoms with E-state index in [2.05, 4.69) is 10.6 Å². The maximum Gasteiger partial charge on any atom is 0.170 e. The lowest BCUT2D eigenvalue weighted by atomic mass is 10.2. The number of thiocarbonyl (C=S) groups is 1. The maximum atomic E-state index is 5.92. The van der Waals surface area contributed by atoms with E-state index in [-0.39, 0.29) is 0 Å². The second-order valence-corrected chi connectivity index (χ2v) is 4.81. The van der Waals surface area contributed by atoms with E-state index in [1.807, 2.05) is 62.4 Å². The van der Waals surface area contributed by atoms with Crippen LogP contribution in [0.15, 0.2) is 48.5 Å². The molecule has 0 aliphatic carbocycles. The summed E-state index contributed by atoms with van der Waals surface area (Å²) in [7, 11) is 0. The second kappa shape index (κ2) is 6.91. The molecular formula is C16H18N2OS. The Morgan fingerprint density at radius 2 is 1.95 bits per heavy atom. The van der Waals surface area contributed by atoms with Crippen molar-refractivity contribution in [2.24, 2.45) is 0 Å². The fourth-order valence-electron chi connectivity index (χ4n) is 1.79. The third kappa shape index (κ3) is 3.96. The van der Waals surface area contributed by atoms with Gasteiger partial charge in [0, 0.05) is 6.54 Å². The van der Waals surface area contributed by atoms with Gasteiger partial charge in [0.15, 0.2) is 10.9 Å². The normalized spacial score (nSPS) is 9.90. The van der Waals surface area contributed by atoms with E-state index in [0.717, 1.165) is 29.3 Å². The first-order chi connectivity index (χ1) is 9.69. The van der Waals surface area contributed by atoms with Crippen LogP contribution in [0.4, 0.5) is 5.69 Å². The number of ether oxygens (including phenoxy) is 1. The van der Waals surface area contributed by atoms with E-state index in [1.165, 1.54) is 0 Å². The molecule has 0 bridgehead atoms. The number of aryl methyl sites for hydroxylation is 1. The topological polar surface area (TPSA) is 33.3 Å². The second-order valence-electron chi connectivity index (χ2n) is 4.40. The largest absolute Gasteiger partial charge is 0.455 e. The van der Waals surface area contributed by atoms with Gasteiger partial charge in [-0.25, -0.2) is 0 Å². The molecule has 0 atom stereocenters. The molecule has 0 fully saturated rings. The molecule has 0 amide bonds. The van der Waals surface area contributed by atoms with E-state index in [1.54, 1.807) is 0 Å². The molecule has 0 saturated carbocycles. The van der Waals surface area contributed by atoms with Crippen LogP contribution in [0.5, 0.6) is 11.5 Å². The molecule has 2 aromatic carbocycles. The number of hydrogen-bond acceptors (Lipinski definition) is 2. The molecule has 2 N–H and O–H groups in total. The van der Waals surface area contributed by atoms with Crippen LogP contribution < -0.4 is 15.4 Å². The number of benzene rings is 2. The smallest absolute Gasteiger partial charge is 0.170 e. The molecule has 2 aromatic rings. The molecular weight excluding hydrogens is 268 g/mol. The minimum atomic E-state index is 0.591.